The molecule has 236 valence electrons. The molecule has 2 aromatic heterocycles. The van der Waals surface area contributed by atoms with Gasteiger partial charge in [-0.2, -0.15) is 15.0 Å². The van der Waals surface area contributed by atoms with E-state index in [9.17, 15) is 17.2 Å². The second-order valence-electron chi connectivity index (χ2n) is 11.1. The number of anilines is 1. The van der Waals surface area contributed by atoms with E-state index in [1.807, 2.05) is 23.9 Å². The monoisotopic (exact) mass is 623 g/mol. The van der Waals surface area contributed by atoms with Crippen LogP contribution >= 0.6 is 0 Å². The molecule has 0 amide bonds. The van der Waals surface area contributed by atoms with Gasteiger partial charge in [-0.1, -0.05) is 6.07 Å². The highest BCUT2D eigenvalue weighted by Gasteiger charge is 2.31. The van der Waals surface area contributed by atoms with Gasteiger partial charge in [-0.15, -0.1) is 0 Å². The number of hydrogen-bond donors (Lipinski definition) is 1. The zero-order valence-electron chi connectivity index (χ0n) is 24.9. The minimum Gasteiger partial charge on any atom is -0.494 e. The summed E-state index contributed by atoms with van der Waals surface area (Å²) in [4.78, 5) is 22.5. The molecule has 2 saturated heterocycles. The van der Waals surface area contributed by atoms with Crippen LogP contribution in [0.15, 0.2) is 18.2 Å². The Balaban J connectivity index is 1.62. The number of benzene rings is 1. The molecule has 2 aliphatic rings. The third-order valence-electron chi connectivity index (χ3n) is 7.68. The lowest BCUT2D eigenvalue weighted by Crippen LogP contribution is -2.49. The summed E-state index contributed by atoms with van der Waals surface area (Å²) in [5, 5.41) is 3.60. The van der Waals surface area contributed by atoms with E-state index in [4.69, 9.17) is 19.4 Å². The SMILES string of the molecule is COc1cccc2c1nc(C(F)F)n2-c1nc(C(CCN(C)C)NC2CCCN(S(C)(=O)=O)C2)nc(N2CCOCC2)n1. The molecule has 2 aliphatic heterocycles. The first-order valence-corrected chi connectivity index (χ1v) is 16.2. The van der Waals surface area contributed by atoms with Crippen molar-refractivity contribution in [3.05, 3.63) is 29.8 Å². The number of sulfonamides is 1. The quantitative estimate of drug-likeness (QED) is 0.337. The Hall–Kier alpha value is -3.05. The number of halogens is 2. The van der Waals surface area contributed by atoms with Crippen LogP contribution < -0.4 is 15.0 Å². The van der Waals surface area contributed by atoms with Crippen LogP contribution in [0.25, 0.3) is 17.0 Å². The standard InChI is InChI=1S/C27H39F2N9O4S/c1-35(2)12-10-19(30-18-7-6-11-37(17-18)43(4,39)40)24-32-26(36-13-15-42-16-14-36)34-27(33-24)38-20-8-5-9-21(41-3)22(20)31-25(38)23(28)29/h5,8-9,18-19,23,30H,6-7,10-17H2,1-4H3. The fourth-order valence-electron chi connectivity index (χ4n) is 5.48. The highest BCUT2D eigenvalue weighted by molar-refractivity contribution is 7.88. The van der Waals surface area contributed by atoms with Gasteiger partial charge in [0.15, 0.2) is 11.6 Å². The molecule has 3 aromatic rings. The largest absolute Gasteiger partial charge is 0.494 e. The molecule has 2 fully saturated rings. The summed E-state index contributed by atoms with van der Waals surface area (Å²) in [6.07, 6.45) is 0.398. The zero-order valence-corrected chi connectivity index (χ0v) is 25.7. The van der Waals surface area contributed by atoms with Crippen molar-refractivity contribution in [1.82, 2.24) is 39.0 Å². The van der Waals surface area contributed by atoms with Crippen molar-refractivity contribution < 1.29 is 26.7 Å². The van der Waals surface area contributed by atoms with Gasteiger partial charge in [-0.3, -0.25) is 4.57 Å². The maximum absolute atomic E-state index is 14.5. The highest BCUT2D eigenvalue weighted by Crippen LogP contribution is 2.32. The Morgan fingerprint density at radius 2 is 1.86 bits per heavy atom. The number of morpholine rings is 1. The predicted molar refractivity (Wildman–Crippen MR) is 157 cm³/mol. The number of ether oxygens (including phenoxy) is 2. The average Bonchev–Trinajstić information content (AvgIpc) is 3.39. The Morgan fingerprint density at radius 1 is 1.12 bits per heavy atom. The maximum atomic E-state index is 14.5. The number of fused-ring (bicyclic) bond motifs is 1. The molecule has 4 heterocycles. The van der Waals surface area contributed by atoms with Crippen LogP contribution in [0.4, 0.5) is 14.7 Å². The van der Waals surface area contributed by atoms with E-state index in [1.165, 1.54) is 22.2 Å². The number of nitrogens with zero attached hydrogens (tertiary/aromatic N) is 8. The van der Waals surface area contributed by atoms with E-state index < -0.39 is 28.3 Å². The minimum atomic E-state index is -3.35. The molecule has 2 atom stereocenters. The van der Waals surface area contributed by atoms with Crippen molar-refractivity contribution >= 4 is 27.0 Å². The van der Waals surface area contributed by atoms with Crippen molar-refractivity contribution in [3.8, 4) is 11.7 Å². The molecular formula is C27H39F2N9O4S. The molecule has 0 radical (unpaired) electrons. The molecule has 13 nitrogen and oxygen atoms in total. The lowest BCUT2D eigenvalue weighted by atomic mass is 10.0. The third kappa shape index (κ3) is 7.20. The fourth-order valence-corrected chi connectivity index (χ4v) is 6.39. The summed E-state index contributed by atoms with van der Waals surface area (Å²) < 4.78 is 67.2. The molecule has 0 aliphatic carbocycles. The molecule has 1 N–H and O–H groups in total. The molecule has 5 rings (SSSR count). The number of methoxy groups -OCH3 is 1. The van der Waals surface area contributed by atoms with Crippen molar-refractivity contribution in [3.63, 3.8) is 0 Å². The van der Waals surface area contributed by atoms with Crippen LogP contribution in [-0.2, 0) is 14.8 Å². The molecule has 16 heteroatoms. The first-order valence-electron chi connectivity index (χ1n) is 14.3. The van der Waals surface area contributed by atoms with Gasteiger partial charge in [0.1, 0.15) is 11.3 Å². The molecule has 2 unspecified atom stereocenters. The zero-order chi connectivity index (χ0) is 30.7. The van der Waals surface area contributed by atoms with E-state index in [0.29, 0.717) is 81.8 Å². The van der Waals surface area contributed by atoms with Gasteiger partial charge in [0, 0.05) is 32.2 Å². The van der Waals surface area contributed by atoms with Crippen LogP contribution in [-0.4, -0.2) is 122 Å². The Labute approximate surface area is 250 Å². The van der Waals surface area contributed by atoms with Gasteiger partial charge >= 0.3 is 0 Å². The smallest absolute Gasteiger partial charge is 0.296 e. The van der Waals surface area contributed by atoms with E-state index in [1.54, 1.807) is 18.2 Å². The Bertz CT molecular complexity index is 1520. The van der Waals surface area contributed by atoms with Gasteiger partial charge in [-0.25, -0.2) is 26.5 Å². The number of nitrogens with one attached hydrogen (secondary N) is 1. The second kappa shape index (κ2) is 13.3. The highest BCUT2D eigenvalue weighted by atomic mass is 32.2. The van der Waals surface area contributed by atoms with Crippen molar-refractivity contribution in [2.24, 2.45) is 0 Å². The topological polar surface area (TPSA) is 131 Å². The van der Waals surface area contributed by atoms with E-state index in [2.05, 4.69) is 15.3 Å². The average molecular weight is 624 g/mol. The van der Waals surface area contributed by atoms with E-state index in [0.717, 1.165) is 6.42 Å². The van der Waals surface area contributed by atoms with Crippen LogP contribution in [0.2, 0.25) is 0 Å². The summed E-state index contributed by atoms with van der Waals surface area (Å²) >= 11 is 0. The van der Waals surface area contributed by atoms with Crippen molar-refractivity contribution in [1.29, 1.82) is 0 Å². The van der Waals surface area contributed by atoms with Gasteiger partial charge in [0.05, 0.1) is 38.1 Å². The second-order valence-corrected chi connectivity index (χ2v) is 13.1. The molecule has 0 bridgehead atoms. The number of hydrogen-bond acceptors (Lipinski definition) is 11. The van der Waals surface area contributed by atoms with Crippen LogP contribution in [0.5, 0.6) is 5.75 Å². The van der Waals surface area contributed by atoms with Gasteiger partial charge < -0.3 is 24.6 Å². The maximum Gasteiger partial charge on any atom is 0.296 e. The van der Waals surface area contributed by atoms with E-state index >= 15 is 0 Å². The van der Waals surface area contributed by atoms with Gasteiger partial charge in [0.25, 0.3) is 6.43 Å². The number of alkyl halides is 2. The van der Waals surface area contributed by atoms with E-state index in [-0.39, 0.29) is 17.5 Å². The van der Waals surface area contributed by atoms with Crippen LogP contribution in [0, 0.1) is 0 Å². The molecular weight excluding hydrogens is 584 g/mol. The summed E-state index contributed by atoms with van der Waals surface area (Å²) in [6.45, 7) is 3.51. The minimum absolute atomic E-state index is 0.0237. The number of piperidine rings is 1. The normalized spacial score (nSPS) is 19.4. The summed E-state index contributed by atoms with van der Waals surface area (Å²) in [7, 11) is 2.03. The number of aromatic nitrogens is 5. The lowest BCUT2D eigenvalue weighted by molar-refractivity contribution is 0.122. The van der Waals surface area contributed by atoms with Gasteiger partial charge in [0.2, 0.25) is 21.9 Å². The molecule has 1 aromatic carbocycles. The Morgan fingerprint density at radius 3 is 2.53 bits per heavy atom. The number of para-hydroxylation sites is 1. The molecule has 0 spiro atoms. The predicted octanol–water partition coefficient (Wildman–Crippen LogP) is 2.00. The molecule has 43 heavy (non-hydrogen) atoms. The van der Waals surface area contributed by atoms with Crippen LogP contribution in [0.3, 0.4) is 0 Å². The first-order chi connectivity index (χ1) is 20.5. The first kappa shape index (κ1) is 31.4. The summed E-state index contributed by atoms with van der Waals surface area (Å²) in [6, 6.07) is 4.50. The third-order valence-corrected chi connectivity index (χ3v) is 8.95. The molecule has 0 saturated carbocycles. The van der Waals surface area contributed by atoms with Crippen molar-refractivity contribution in [2.75, 3.05) is 78.3 Å². The lowest BCUT2D eigenvalue weighted by Gasteiger charge is -2.34. The number of imidazole rings is 1. The summed E-state index contributed by atoms with van der Waals surface area (Å²) in [5.74, 6) is 0.620. The van der Waals surface area contributed by atoms with Gasteiger partial charge in [-0.05, 0) is 52.0 Å². The fraction of sp³-hybridized carbons (Fsp3) is 0.630. The van der Waals surface area contributed by atoms with Crippen molar-refractivity contribution in [2.45, 2.75) is 37.8 Å². The Kier molecular flexibility index (Phi) is 9.70. The van der Waals surface area contributed by atoms with Crippen LogP contribution in [0.1, 0.15) is 43.4 Å². The number of rotatable bonds is 11. The summed E-state index contributed by atoms with van der Waals surface area (Å²) in [5.41, 5.74) is 0.661.